The lowest BCUT2D eigenvalue weighted by Gasteiger charge is -2.10. The SMILES string of the molecule is O=C(NC[C@@H]1CCCO1)c1csc(-c2ccccc2OCc2ccc(Cl)cc2)n1. The second-order valence-corrected chi connectivity index (χ2v) is 8.09. The number of para-hydroxylation sites is 1. The number of ether oxygens (including phenoxy) is 2. The number of hydrogen-bond acceptors (Lipinski definition) is 5. The summed E-state index contributed by atoms with van der Waals surface area (Å²) < 4.78 is 11.6. The Hall–Kier alpha value is -2.41. The number of rotatable bonds is 7. The third kappa shape index (κ3) is 5.15. The molecule has 7 heteroatoms. The van der Waals surface area contributed by atoms with Crippen LogP contribution in [0, 0.1) is 0 Å². The molecule has 5 nitrogen and oxygen atoms in total. The second kappa shape index (κ2) is 9.39. The van der Waals surface area contributed by atoms with E-state index in [1.165, 1.54) is 11.3 Å². The number of nitrogens with zero attached hydrogens (tertiary/aromatic N) is 1. The van der Waals surface area contributed by atoms with Crippen LogP contribution in [0.5, 0.6) is 5.75 Å². The average molecular weight is 429 g/mol. The molecule has 0 saturated carbocycles. The molecule has 1 aliphatic rings. The smallest absolute Gasteiger partial charge is 0.270 e. The average Bonchev–Trinajstić information content (AvgIpc) is 3.44. The maximum atomic E-state index is 12.4. The molecule has 2 aromatic carbocycles. The lowest BCUT2D eigenvalue weighted by atomic mass is 10.2. The summed E-state index contributed by atoms with van der Waals surface area (Å²) in [7, 11) is 0. The van der Waals surface area contributed by atoms with Gasteiger partial charge in [0, 0.05) is 23.6 Å². The zero-order valence-corrected chi connectivity index (χ0v) is 17.3. The monoisotopic (exact) mass is 428 g/mol. The standard InChI is InChI=1S/C22H21ClN2O3S/c23-16-9-7-15(8-10-16)13-28-20-6-2-1-5-18(20)22-25-19(14-29-22)21(26)24-12-17-4-3-11-27-17/h1-2,5-10,14,17H,3-4,11-13H2,(H,24,26)/t17-/m0/s1. The molecule has 29 heavy (non-hydrogen) atoms. The van der Waals surface area contributed by atoms with E-state index in [2.05, 4.69) is 10.3 Å². The minimum Gasteiger partial charge on any atom is -0.488 e. The van der Waals surface area contributed by atoms with Crippen LogP contribution in [0.4, 0.5) is 0 Å². The Balaban J connectivity index is 1.43. The first-order valence-electron chi connectivity index (χ1n) is 9.51. The Labute approximate surface area is 178 Å². The number of thiazole rings is 1. The summed E-state index contributed by atoms with van der Waals surface area (Å²) in [5, 5.41) is 6.13. The van der Waals surface area contributed by atoms with Crippen LogP contribution < -0.4 is 10.1 Å². The summed E-state index contributed by atoms with van der Waals surface area (Å²) in [5.74, 6) is 0.547. The number of amides is 1. The van der Waals surface area contributed by atoms with Gasteiger partial charge in [-0.3, -0.25) is 4.79 Å². The number of hydrogen-bond donors (Lipinski definition) is 1. The van der Waals surface area contributed by atoms with E-state index >= 15 is 0 Å². The predicted molar refractivity (Wildman–Crippen MR) is 115 cm³/mol. The highest BCUT2D eigenvalue weighted by molar-refractivity contribution is 7.13. The molecule has 1 fully saturated rings. The van der Waals surface area contributed by atoms with E-state index < -0.39 is 0 Å². The summed E-state index contributed by atoms with van der Waals surface area (Å²) in [6.07, 6.45) is 2.15. The van der Waals surface area contributed by atoms with Crippen molar-refractivity contribution in [2.45, 2.75) is 25.6 Å². The van der Waals surface area contributed by atoms with Gasteiger partial charge in [-0.2, -0.15) is 0 Å². The van der Waals surface area contributed by atoms with Gasteiger partial charge in [0.1, 0.15) is 23.1 Å². The maximum absolute atomic E-state index is 12.4. The van der Waals surface area contributed by atoms with Gasteiger partial charge in [-0.25, -0.2) is 4.98 Å². The molecule has 2 heterocycles. The molecule has 4 rings (SSSR count). The Bertz CT molecular complexity index is 968. The first-order chi connectivity index (χ1) is 14.2. The van der Waals surface area contributed by atoms with Crippen molar-refractivity contribution in [2.75, 3.05) is 13.2 Å². The summed E-state index contributed by atoms with van der Waals surface area (Å²) in [6.45, 7) is 1.72. The number of carbonyl (C=O) groups excluding carboxylic acids is 1. The van der Waals surface area contributed by atoms with E-state index in [-0.39, 0.29) is 12.0 Å². The molecule has 0 spiro atoms. The second-order valence-electron chi connectivity index (χ2n) is 6.79. The number of aromatic nitrogens is 1. The van der Waals surface area contributed by atoms with Crippen molar-refractivity contribution in [3.05, 3.63) is 70.2 Å². The van der Waals surface area contributed by atoms with Crippen LogP contribution in [0.1, 0.15) is 28.9 Å². The summed E-state index contributed by atoms with van der Waals surface area (Å²) in [6, 6.07) is 15.3. The first-order valence-corrected chi connectivity index (χ1v) is 10.8. The zero-order chi connectivity index (χ0) is 20.1. The maximum Gasteiger partial charge on any atom is 0.270 e. The minimum atomic E-state index is -0.178. The Morgan fingerprint density at radius 2 is 2.07 bits per heavy atom. The van der Waals surface area contributed by atoms with Gasteiger partial charge in [0.05, 0.1) is 11.7 Å². The Morgan fingerprint density at radius 1 is 1.24 bits per heavy atom. The van der Waals surface area contributed by atoms with Crippen LogP contribution in [0.25, 0.3) is 10.6 Å². The number of benzene rings is 2. The van der Waals surface area contributed by atoms with E-state index in [9.17, 15) is 4.79 Å². The molecule has 1 saturated heterocycles. The lowest BCUT2D eigenvalue weighted by molar-refractivity contribution is 0.0854. The van der Waals surface area contributed by atoms with Crippen LogP contribution in [-0.2, 0) is 11.3 Å². The molecule has 1 aliphatic heterocycles. The van der Waals surface area contributed by atoms with Gasteiger partial charge in [0.2, 0.25) is 0 Å². The number of halogens is 1. The molecular weight excluding hydrogens is 408 g/mol. The van der Waals surface area contributed by atoms with Crippen LogP contribution in [0.2, 0.25) is 5.02 Å². The largest absolute Gasteiger partial charge is 0.488 e. The van der Waals surface area contributed by atoms with Gasteiger partial charge >= 0.3 is 0 Å². The van der Waals surface area contributed by atoms with Crippen LogP contribution >= 0.6 is 22.9 Å². The molecule has 0 radical (unpaired) electrons. The van der Waals surface area contributed by atoms with Crippen molar-refractivity contribution in [3.8, 4) is 16.3 Å². The van der Waals surface area contributed by atoms with Gasteiger partial charge in [-0.15, -0.1) is 11.3 Å². The Morgan fingerprint density at radius 3 is 2.86 bits per heavy atom. The fourth-order valence-electron chi connectivity index (χ4n) is 3.12. The molecule has 0 unspecified atom stereocenters. The molecule has 1 N–H and O–H groups in total. The highest BCUT2D eigenvalue weighted by Crippen LogP contribution is 2.32. The van der Waals surface area contributed by atoms with Gasteiger partial charge in [-0.1, -0.05) is 35.9 Å². The van der Waals surface area contributed by atoms with E-state index in [0.29, 0.717) is 23.9 Å². The molecular formula is C22H21ClN2O3S. The third-order valence-corrected chi connectivity index (χ3v) is 5.80. The van der Waals surface area contributed by atoms with Crippen LogP contribution in [0.3, 0.4) is 0 Å². The van der Waals surface area contributed by atoms with Crippen molar-refractivity contribution in [1.29, 1.82) is 0 Å². The van der Waals surface area contributed by atoms with Gasteiger partial charge < -0.3 is 14.8 Å². The van der Waals surface area contributed by atoms with Crippen molar-refractivity contribution in [3.63, 3.8) is 0 Å². The van der Waals surface area contributed by atoms with Gasteiger partial charge in [0.15, 0.2) is 0 Å². The molecule has 3 aromatic rings. The van der Waals surface area contributed by atoms with E-state index in [1.807, 2.05) is 48.5 Å². The third-order valence-electron chi connectivity index (χ3n) is 4.68. The normalized spacial score (nSPS) is 16.0. The van der Waals surface area contributed by atoms with Crippen LogP contribution in [-0.4, -0.2) is 30.1 Å². The number of nitrogens with one attached hydrogen (secondary N) is 1. The molecule has 1 atom stereocenters. The fourth-order valence-corrected chi connectivity index (χ4v) is 4.07. The summed E-state index contributed by atoms with van der Waals surface area (Å²) >= 11 is 7.36. The molecule has 1 amide bonds. The minimum absolute atomic E-state index is 0.110. The highest BCUT2D eigenvalue weighted by Gasteiger charge is 2.19. The fraction of sp³-hybridized carbons (Fsp3) is 0.273. The topological polar surface area (TPSA) is 60.5 Å². The quantitative estimate of drug-likeness (QED) is 0.578. The number of carbonyl (C=O) groups is 1. The lowest BCUT2D eigenvalue weighted by Crippen LogP contribution is -2.31. The van der Waals surface area contributed by atoms with Gasteiger partial charge in [-0.05, 0) is 42.7 Å². The predicted octanol–water partition coefficient (Wildman–Crippen LogP) is 4.95. The van der Waals surface area contributed by atoms with E-state index in [0.717, 1.165) is 41.3 Å². The van der Waals surface area contributed by atoms with E-state index in [1.54, 1.807) is 5.38 Å². The van der Waals surface area contributed by atoms with Crippen molar-refractivity contribution >= 4 is 28.8 Å². The molecule has 0 bridgehead atoms. The summed E-state index contributed by atoms with van der Waals surface area (Å²) in [4.78, 5) is 16.9. The molecule has 0 aliphatic carbocycles. The van der Waals surface area contributed by atoms with Crippen LogP contribution in [0.15, 0.2) is 53.9 Å². The van der Waals surface area contributed by atoms with E-state index in [4.69, 9.17) is 21.1 Å². The first kappa shape index (κ1) is 19.9. The van der Waals surface area contributed by atoms with Crippen molar-refractivity contribution < 1.29 is 14.3 Å². The molecule has 150 valence electrons. The van der Waals surface area contributed by atoms with Gasteiger partial charge in [0.25, 0.3) is 5.91 Å². The van der Waals surface area contributed by atoms with Crippen molar-refractivity contribution in [1.82, 2.24) is 10.3 Å². The molecule has 1 aromatic heterocycles. The Kier molecular flexibility index (Phi) is 6.44. The van der Waals surface area contributed by atoms with Crippen molar-refractivity contribution in [2.24, 2.45) is 0 Å². The zero-order valence-electron chi connectivity index (χ0n) is 15.8. The summed E-state index contributed by atoms with van der Waals surface area (Å²) in [5.41, 5.74) is 2.30. The highest BCUT2D eigenvalue weighted by atomic mass is 35.5.